The number of hydrogen-bond donors (Lipinski definition) is 0. The van der Waals surface area contributed by atoms with Gasteiger partial charge in [0, 0.05) is 35.1 Å². The smallest absolute Gasteiger partial charge is 0.262 e. The highest BCUT2D eigenvalue weighted by Gasteiger charge is 2.23. The van der Waals surface area contributed by atoms with Crippen molar-refractivity contribution in [1.29, 1.82) is 0 Å². The topological polar surface area (TPSA) is 7.12 Å². The van der Waals surface area contributed by atoms with Crippen LogP contribution in [0.1, 0.15) is 30.0 Å². The molecular formula is C29H33N2S4+. The summed E-state index contributed by atoms with van der Waals surface area (Å²) in [6.07, 6.45) is 19.4. The van der Waals surface area contributed by atoms with E-state index in [1.165, 1.54) is 42.0 Å². The first-order valence-corrected chi connectivity index (χ1v) is 16.3. The molecule has 0 N–H and O–H groups in total. The zero-order valence-electron chi connectivity index (χ0n) is 20.9. The summed E-state index contributed by atoms with van der Waals surface area (Å²) in [6.45, 7) is 6.40. The lowest BCUT2D eigenvalue weighted by Gasteiger charge is -2.18. The first kappa shape index (κ1) is 26.2. The highest BCUT2D eigenvalue weighted by atomic mass is 32.2. The lowest BCUT2D eigenvalue weighted by Crippen LogP contribution is -2.33. The molecule has 6 heteroatoms. The SMILES string of the molecule is CCN1C(=CC=CC=CC=Cc2sc3ccc(CSC)cc3[n+]2CC)Sc2ccc(CSC)cc21. The van der Waals surface area contributed by atoms with Gasteiger partial charge in [0.2, 0.25) is 5.52 Å². The molecule has 0 fully saturated rings. The van der Waals surface area contributed by atoms with Gasteiger partial charge in [0.15, 0.2) is 0 Å². The van der Waals surface area contributed by atoms with Gasteiger partial charge in [-0.1, -0.05) is 65.6 Å². The molecule has 2 nitrogen and oxygen atoms in total. The number of thiazole rings is 1. The molecule has 0 atom stereocenters. The Morgan fingerprint density at radius 1 is 0.886 bits per heavy atom. The molecule has 0 spiro atoms. The van der Waals surface area contributed by atoms with Gasteiger partial charge in [-0.3, -0.25) is 0 Å². The maximum absolute atomic E-state index is 2.41. The quantitative estimate of drug-likeness (QED) is 0.189. The second-order valence-corrected chi connectivity index (χ2v) is 12.0. The summed E-state index contributed by atoms with van der Waals surface area (Å²) in [7, 11) is 0. The zero-order valence-corrected chi connectivity index (χ0v) is 24.1. The molecule has 0 amide bonds. The van der Waals surface area contributed by atoms with Crippen molar-refractivity contribution in [2.24, 2.45) is 0 Å². The molecule has 0 bridgehead atoms. The van der Waals surface area contributed by atoms with Gasteiger partial charge in [-0.05, 0) is 61.8 Å². The predicted molar refractivity (Wildman–Crippen MR) is 163 cm³/mol. The van der Waals surface area contributed by atoms with Crippen LogP contribution in [-0.2, 0) is 18.1 Å². The number of nitrogens with zero attached hydrogens (tertiary/aromatic N) is 2. The number of aryl methyl sites for hydroxylation is 1. The lowest BCUT2D eigenvalue weighted by atomic mass is 10.2. The van der Waals surface area contributed by atoms with Crippen LogP contribution in [0.15, 0.2) is 82.8 Å². The molecule has 0 aliphatic carbocycles. The molecule has 2 heterocycles. The minimum atomic E-state index is 0.979. The van der Waals surface area contributed by atoms with E-state index in [1.807, 2.05) is 46.6 Å². The van der Waals surface area contributed by atoms with Gasteiger partial charge in [0.05, 0.1) is 10.7 Å². The molecule has 1 aliphatic heterocycles. The van der Waals surface area contributed by atoms with E-state index >= 15 is 0 Å². The van der Waals surface area contributed by atoms with E-state index in [0.717, 1.165) is 24.6 Å². The van der Waals surface area contributed by atoms with Crippen molar-refractivity contribution < 1.29 is 4.57 Å². The van der Waals surface area contributed by atoms with Gasteiger partial charge in [-0.2, -0.15) is 28.1 Å². The molecule has 0 saturated carbocycles. The van der Waals surface area contributed by atoms with Crippen LogP contribution in [0, 0.1) is 0 Å². The largest absolute Gasteiger partial charge is 0.335 e. The Hall–Kier alpha value is -1.86. The van der Waals surface area contributed by atoms with Crippen molar-refractivity contribution in [3.05, 3.63) is 94.0 Å². The van der Waals surface area contributed by atoms with Crippen molar-refractivity contribution in [3.8, 4) is 0 Å². The first-order chi connectivity index (χ1) is 17.2. The van der Waals surface area contributed by atoms with Crippen LogP contribution in [0.5, 0.6) is 0 Å². The number of anilines is 1. The Labute approximate surface area is 226 Å². The van der Waals surface area contributed by atoms with Crippen molar-refractivity contribution in [3.63, 3.8) is 0 Å². The standard InChI is InChI=1S/C29H33N2S4/c1-5-30-24-18-22(20-32-3)14-16-26(24)34-28(30)12-10-8-7-9-11-13-29-31(6-2)25-19-23(21-33-4)15-17-27(25)35-29/h7-19H,5-6,20-21H2,1-4H3/q+1. The molecule has 0 radical (unpaired) electrons. The molecule has 35 heavy (non-hydrogen) atoms. The molecule has 4 rings (SSSR count). The number of rotatable bonds is 10. The molecule has 2 aromatic carbocycles. The Kier molecular flexibility index (Phi) is 9.67. The van der Waals surface area contributed by atoms with E-state index in [9.17, 15) is 0 Å². The summed E-state index contributed by atoms with van der Waals surface area (Å²) < 4.78 is 3.76. The van der Waals surface area contributed by atoms with Crippen LogP contribution in [0.2, 0.25) is 0 Å². The second-order valence-electron chi connectivity index (χ2n) is 8.13. The van der Waals surface area contributed by atoms with Gasteiger partial charge >= 0.3 is 0 Å². The van der Waals surface area contributed by atoms with Gasteiger partial charge in [0.1, 0.15) is 11.2 Å². The van der Waals surface area contributed by atoms with Crippen molar-refractivity contribution in [1.82, 2.24) is 0 Å². The maximum Gasteiger partial charge on any atom is 0.262 e. The Morgan fingerprint density at radius 2 is 1.60 bits per heavy atom. The number of aromatic nitrogens is 1. The minimum Gasteiger partial charge on any atom is -0.335 e. The number of allylic oxidation sites excluding steroid dienone is 6. The molecule has 1 aromatic heterocycles. The zero-order chi connectivity index (χ0) is 24.6. The molecule has 0 saturated heterocycles. The number of fused-ring (bicyclic) bond motifs is 2. The average molecular weight is 538 g/mol. The van der Waals surface area contributed by atoms with Crippen molar-refractivity contribution in [2.75, 3.05) is 24.0 Å². The molecule has 1 aliphatic rings. The fourth-order valence-corrected chi connectivity index (χ4v) is 7.44. The number of thioether (sulfide) groups is 3. The molecule has 182 valence electrons. The van der Waals surface area contributed by atoms with Crippen LogP contribution in [0.4, 0.5) is 5.69 Å². The third-order valence-corrected chi connectivity index (χ3v) is 9.27. The number of benzene rings is 2. The summed E-state index contributed by atoms with van der Waals surface area (Å²) in [6, 6.07) is 13.7. The Morgan fingerprint density at radius 3 is 2.34 bits per heavy atom. The van der Waals surface area contributed by atoms with E-state index < -0.39 is 0 Å². The van der Waals surface area contributed by atoms with Crippen LogP contribution in [-0.4, -0.2) is 19.1 Å². The normalized spacial score (nSPS) is 15.1. The summed E-state index contributed by atoms with van der Waals surface area (Å²) in [4.78, 5) is 3.76. The summed E-state index contributed by atoms with van der Waals surface area (Å²) in [5, 5.41) is 2.58. The van der Waals surface area contributed by atoms with Gasteiger partial charge in [-0.25, -0.2) is 0 Å². The molecule has 0 unspecified atom stereocenters. The fourth-order valence-electron chi connectivity index (χ4n) is 4.17. The monoisotopic (exact) mass is 537 g/mol. The van der Waals surface area contributed by atoms with E-state index in [2.05, 4.69) is 115 Å². The highest BCUT2D eigenvalue weighted by Crippen LogP contribution is 2.46. The third-order valence-electron chi connectivity index (χ3n) is 5.77. The van der Waals surface area contributed by atoms with Crippen molar-refractivity contribution in [2.45, 2.75) is 36.8 Å². The summed E-state index contributed by atoms with van der Waals surface area (Å²) >= 11 is 7.46. The Bertz CT molecular complexity index is 1280. The van der Waals surface area contributed by atoms with Gasteiger partial charge in [-0.15, -0.1) is 0 Å². The summed E-state index contributed by atoms with van der Waals surface area (Å²) in [5.41, 5.74) is 5.47. The van der Waals surface area contributed by atoms with E-state index in [0.29, 0.717) is 0 Å². The maximum atomic E-state index is 2.41. The Balaban J connectivity index is 1.41. The van der Waals surface area contributed by atoms with Crippen LogP contribution in [0.25, 0.3) is 16.3 Å². The minimum absolute atomic E-state index is 0.979. The van der Waals surface area contributed by atoms with Crippen LogP contribution in [0.3, 0.4) is 0 Å². The molecule has 3 aromatic rings. The second kappa shape index (κ2) is 12.9. The van der Waals surface area contributed by atoms with E-state index in [-0.39, 0.29) is 0 Å². The predicted octanol–water partition coefficient (Wildman–Crippen LogP) is 8.53. The van der Waals surface area contributed by atoms with E-state index in [1.54, 1.807) is 0 Å². The number of hydrogen-bond acceptors (Lipinski definition) is 5. The first-order valence-electron chi connectivity index (χ1n) is 11.9. The summed E-state index contributed by atoms with van der Waals surface area (Å²) in [5.74, 6) is 2.12. The highest BCUT2D eigenvalue weighted by molar-refractivity contribution is 8.03. The van der Waals surface area contributed by atoms with Crippen LogP contribution < -0.4 is 9.47 Å². The van der Waals surface area contributed by atoms with Gasteiger partial charge in [0.25, 0.3) is 5.01 Å². The van der Waals surface area contributed by atoms with Crippen molar-refractivity contribution >= 4 is 68.6 Å². The van der Waals surface area contributed by atoms with E-state index in [4.69, 9.17) is 0 Å². The van der Waals surface area contributed by atoms with Gasteiger partial charge < -0.3 is 4.90 Å². The fraction of sp³-hybridized carbons (Fsp3) is 0.276. The average Bonchev–Trinajstić information content (AvgIpc) is 3.40. The molecular weight excluding hydrogens is 505 g/mol. The lowest BCUT2D eigenvalue weighted by molar-refractivity contribution is -0.665. The van der Waals surface area contributed by atoms with Crippen LogP contribution >= 0.6 is 46.6 Å². The third kappa shape index (κ3) is 6.29.